The molecule has 102 valence electrons. The molecule has 1 N–H and O–H groups in total. The van der Waals surface area contributed by atoms with Gasteiger partial charge in [-0.1, -0.05) is 0 Å². The first-order valence-electron chi connectivity index (χ1n) is 6.05. The molecule has 0 fully saturated rings. The summed E-state index contributed by atoms with van der Waals surface area (Å²) in [6, 6.07) is 5.72. The number of aliphatic hydroxyl groups excluding tert-OH is 1. The SMILES string of the molecule is COc1cc(OC)cc(-c2nc(CCCO)cs2)c1. The average Bonchev–Trinajstić information content (AvgIpc) is 2.93. The van der Waals surface area contributed by atoms with Gasteiger partial charge in [-0.05, 0) is 25.0 Å². The van der Waals surface area contributed by atoms with Crippen LogP contribution < -0.4 is 9.47 Å². The molecule has 0 aliphatic carbocycles. The van der Waals surface area contributed by atoms with Crippen LogP contribution in [0.3, 0.4) is 0 Å². The third kappa shape index (κ3) is 3.45. The van der Waals surface area contributed by atoms with Crippen LogP contribution in [0.5, 0.6) is 11.5 Å². The van der Waals surface area contributed by atoms with Crippen molar-refractivity contribution < 1.29 is 14.6 Å². The Labute approximate surface area is 116 Å². The van der Waals surface area contributed by atoms with E-state index >= 15 is 0 Å². The number of ether oxygens (including phenoxy) is 2. The Morgan fingerprint density at radius 3 is 2.42 bits per heavy atom. The molecular formula is C14H17NO3S. The highest BCUT2D eigenvalue weighted by Gasteiger charge is 2.08. The number of rotatable bonds is 6. The van der Waals surface area contributed by atoms with Gasteiger partial charge in [0.15, 0.2) is 0 Å². The summed E-state index contributed by atoms with van der Waals surface area (Å²) >= 11 is 1.59. The van der Waals surface area contributed by atoms with Crippen LogP contribution >= 0.6 is 11.3 Å². The van der Waals surface area contributed by atoms with E-state index in [0.29, 0.717) is 0 Å². The number of nitrogens with zero attached hydrogens (tertiary/aromatic N) is 1. The highest BCUT2D eigenvalue weighted by atomic mass is 32.1. The molecule has 4 nitrogen and oxygen atoms in total. The zero-order valence-electron chi connectivity index (χ0n) is 11.0. The van der Waals surface area contributed by atoms with Crippen molar-refractivity contribution in [3.05, 3.63) is 29.3 Å². The molecule has 0 radical (unpaired) electrons. The van der Waals surface area contributed by atoms with Crippen LogP contribution in [0.15, 0.2) is 23.6 Å². The van der Waals surface area contributed by atoms with E-state index in [1.807, 2.05) is 23.6 Å². The smallest absolute Gasteiger partial charge is 0.123 e. The maximum Gasteiger partial charge on any atom is 0.123 e. The highest BCUT2D eigenvalue weighted by Crippen LogP contribution is 2.31. The van der Waals surface area contributed by atoms with Crippen molar-refractivity contribution in [2.45, 2.75) is 12.8 Å². The zero-order valence-corrected chi connectivity index (χ0v) is 11.9. The molecule has 0 bridgehead atoms. The topological polar surface area (TPSA) is 51.6 Å². The minimum atomic E-state index is 0.194. The van der Waals surface area contributed by atoms with Gasteiger partial charge in [-0.2, -0.15) is 0 Å². The number of thiazole rings is 1. The molecule has 19 heavy (non-hydrogen) atoms. The summed E-state index contributed by atoms with van der Waals surface area (Å²) in [5.74, 6) is 1.50. The Hall–Kier alpha value is -1.59. The largest absolute Gasteiger partial charge is 0.497 e. The Kier molecular flexibility index (Phi) is 4.76. The second-order valence-electron chi connectivity index (χ2n) is 4.07. The summed E-state index contributed by atoms with van der Waals surface area (Å²) in [6.45, 7) is 0.194. The van der Waals surface area contributed by atoms with Crippen LogP contribution in [0, 0.1) is 0 Å². The lowest BCUT2D eigenvalue weighted by molar-refractivity contribution is 0.288. The second-order valence-corrected chi connectivity index (χ2v) is 4.93. The molecule has 0 aliphatic heterocycles. The quantitative estimate of drug-likeness (QED) is 0.883. The monoisotopic (exact) mass is 279 g/mol. The summed E-state index contributed by atoms with van der Waals surface area (Å²) in [6.07, 6.45) is 1.54. The standard InChI is InChI=1S/C14H17NO3S/c1-17-12-6-10(7-13(8-12)18-2)14-15-11(9-19-14)4-3-5-16/h6-9,16H,3-5H2,1-2H3. The van der Waals surface area contributed by atoms with Crippen LogP contribution in [0.2, 0.25) is 0 Å². The first-order valence-corrected chi connectivity index (χ1v) is 6.93. The van der Waals surface area contributed by atoms with Gasteiger partial charge in [0.25, 0.3) is 0 Å². The molecule has 0 atom stereocenters. The third-order valence-electron chi connectivity index (χ3n) is 2.74. The molecule has 1 heterocycles. The van der Waals surface area contributed by atoms with Crippen molar-refractivity contribution >= 4 is 11.3 Å². The molecule has 0 amide bonds. The minimum absolute atomic E-state index is 0.194. The van der Waals surface area contributed by atoms with Gasteiger partial charge in [0.2, 0.25) is 0 Å². The maximum absolute atomic E-state index is 8.83. The molecular weight excluding hydrogens is 262 g/mol. The Balaban J connectivity index is 2.27. The predicted molar refractivity (Wildman–Crippen MR) is 76.1 cm³/mol. The lowest BCUT2D eigenvalue weighted by Gasteiger charge is -2.06. The van der Waals surface area contributed by atoms with Crippen LogP contribution in [0.1, 0.15) is 12.1 Å². The van der Waals surface area contributed by atoms with Crippen LogP contribution in [-0.2, 0) is 6.42 Å². The summed E-state index contributed by atoms with van der Waals surface area (Å²) in [5, 5.41) is 11.8. The second kappa shape index (κ2) is 6.54. The van der Waals surface area contributed by atoms with Gasteiger partial charge in [-0.3, -0.25) is 0 Å². The van der Waals surface area contributed by atoms with E-state index in [0.717, 1.165) is 40.6 Å². The van der Waals surface area contributed by atoms with Gasteiger partial charge in [0.05, 0.1) is 19.9 Å². The van der Waals surface area contributed by atoms with E-state index in [2.05, 4.69) is 4.98 Å². The minimum Gasteiger partial charge on any atom is -0.497 e. The Bertz CT molecular complexity index is 517. The molecule has 0 spiro atoms. The van der Waals surface area contributed by atoms with Crippen molar-refractivity contribution in [2.75, 3.05) is 20.8 Å². The van der Waals surface area contributed by atoms with E-state index in [-0.39, 0.29) is 6.61 Å². The van der Waals surface area contributed by atoms with E-state index in [4.69, 9.17) is 14.6 Å². The number of hydrogen-bond donors (Lipinski definition) is 1. The highest BCUT2D eigenvalue weighted by molar-refractivity contribution is 7.13. The normalized spacial score (nSPS) is 10.5. The zero-order chi connectivity index (χ0) is 13.7. The predicted octanol–water partition coefficient (Wildman–Crippen LogP) is 2.75. The maximum atomic E-state index is 8.83. The molecule has 2 aromatic rings. The number of aromatic nitrogens is 1. The lowest BCUT2D eigenvalue weighted by Crippen LogP contribution is -1.91. The van der Waals surface area contributed by atoms with Crippen molar-refractivity contribution in [1.29, 1.82) is 0 Å². The van der Waals surface area contributed by atoms with E-state index < -0.39 is 0 Å². The molecule has 5 heteroatoms. The van der Waals surface area contributed by atoms with Gasteiger partial charge in [-0.15, -0.1) is 11.3 Å². The van der Waals surface area contributed by atoms with Gasteiger partial charge in [-0.25, -0.2) is 4.98 Å². The summed E-state index contributed by atoms with van der Waals surface area (Å²) < 4.78 is 10.5. The van der Waals surface area contributed by atoms with Gasteiger partial charge in [0.1, 0.15) is 16.5 Å². The lowest BCUT2D eigenvalue weighted by atomic mass is 10.2. The molecule has 0 saturated carbocycles. The average molecular weight is 279 g/mol. The first kappa shape index (κ1) is 13.8. The van der Waals surface area contributed by atoms with Crippen LogP contribution in [-0.4, -0.2) is 30.9 Å². The van der Waals surface area contributed by atoms with E-state index in [1.165, 1.54) is 0 Å². The van der Waals surface area contributed by atoms with Crippen LogP contribution in [0.4, 0.5) is 0 Å². The summed E-state index contributed by atoms with van der Waals surface area (Å²) in [4.78, 5) is 4.57. The van der Waals surface area contributed by atoms with Crippen molar-refractivity contribution in [1.82, 2.24) is 4.98 Å². The molecule has 2 rings (SSSR count). The number of aliphatic hydroxyl groups is 1. The number of aryl methyl sites for hydroxylation is 1. The number of hydrogen-bond acceptors (Lipinski definition) is 5. The van der Waals surface area contributed by atoms with Crippen molar-refractivity contribution in [3.63, 3.8) is 0 Å². The number of methoxy groups -OCH3 is 2. The van der Waals surface area contributed by atoms with Crippen molar-refractivity contribution in [3.8, 4) is 22.1 Å². The summed E-state index contributed by atoms with van der Waals surface area (Å²) in [7, 11) is 3.26. The van der Waals surface area contributed by atoms with E-state index in [9.17, 15) is 0 Å². The Morgan fingerprint density at radius 2 is 1.84 bits per heavy atom. The van der Waals surface area contributed by atoms with Gasteiger partial charge in [0, 0.05) is 23.6 Å². The molecule has 1 aromatic carbocycles. The number of benzene rings is 1. The van der Waals surface area contributed by atoms with Gasteiger partial charge < -0.3 is 14.6 Å². The molecule has 0 aliphatic rings. The molecule has 0 saturated heterocycles. The fraction of sp³-hybridized carbons (Fsp3) is 0.357. The van der Waals surface area contributed by atoms with Crippen LogP contribution in [0.25, 0.3) is 10.6 Å². The van der Waals surface area contributed by atoms with Gasteiger partial charge >= 0.3 is 0 Å². The van der Waals surface area contributed by atoms with E-state index in [1.54, 1.807) is 25.6 Å². The fourth-order valence-corrected chi connectivity index (χ4v) is 2.59. The fourth-order valence-electron chi connectivity index (χ4n) is 1.75. The molecule has 1 aromatic heterocycles. The van der Waals surface area contributed by atoms with Crippen molar-refractivity contribution in [2.24, 2.45) is 0 Å². The molecule has 0 unspecified atom stereocenters. The third-order valence-corrected chi connectivity index (χ3v) is 3.68. The first-order chi connectivity index (χ1) is 9.26. The Morgan fingerprint density at radius 1 is 1.16 bits per heavy atom. The summed E-state index contributed by atoms with van der Waals surface area (Å²) in [5.41, 5.74) is 1.99.